The molecule has 2 heterocycles. The van der Waals surface area contributed by atoms with Crippen LogP contribution in [0.1, 0.15) is 23.0 Å². The van der Waals surface area contributed by atoms with E-state index in [0.717, 1.165) is 0 Å². The van der Waals surface area contributed by atoms with Crippen LogP contribution in [0.2, 0.25) is 0 Å². The molecule has 118 valence electrons. The van der Waals surface area contributed by atoms with Gasteiger partial charge < -0.3 is 5.32 Å². The summed E-state index contributed by atoms with van der Waals surface area (Å²) in [6, 6.07) is 8.18. The van der Waals surface area contributed by atoms with E-state index in [9.17, 15) is 9.18 Å². The van der Waals surface area contributed by atoms with Crippen molar-refractivity contribution in [2.75, 3.05) is 5.32 Å². The van der Waals surface area contributed by atoms with Crippen LogP contribution in [-0.4, -0.2) is 25.5 Å². The first-order chi connectivity index (χ1) is 11.2. The van der Waals surface area contributed by atoms with Crippen LogP contribution in [0, 0.1) is 5.82 Å². The molecule has 0 unspecified atom stereocenters. The van der Waals surface area contributed by atoms with Gasteiger partial charge in [0.15, 0.2) is 5.69 Å². The molecule has 0 atom stereocenters. The Balaban J connectivity index is 1.67. The minimum Gasteiger partial charge on any atom is -0.318 e. The van der Waals surface area contributed by atoms with E-state index in [1.54, 1.807) is 46.0 Å². The highest BCUT2D eigenvalue weighted by Gasteiger charge is 2.11. The molecule has 7 heteroatoms. The molecule has 0 radical (unpaired) electrons. The summed E-state index contributed by atoms with van der Waals surface area (Å²) < 4.78 is 16.9. The average Bonchev–Trinajstić information content (AvgIpc) is 3.19. The summed E-state index contributed by atoms with van der Waals surface area (Å²) in [7, 11) is 0. The van der Waals surface area contributed by atoms with Crippen molar-refractivity contribution in [2.24, 2.45) is 0 Å². The van der Waals surface area contributed by atoms with Crippen molar-refractivity contribution < 1.29 is 9.18 Å². The van der Waals surface area contributed by atoms with Crippen LogP contribution < -0.4 is 5.32 Å². The highest BCUT2D eigenvalue weighted by Crippen LogP contribution is 2.11. The molecule has 1 N–H and O–H groups in total. The smallest absolute Gasteiger partial charge is 0.276 e. The van der Waals surface area contributed by atoms with Crippen LogP contribution in [-0.2, 0) is 13.1 Å². The maximum Gasteiger partial charge on any atom is 0.276 e. The van der Waals surface area contributed by atoms with E-state index < -0.39 is 0 Å². The van der Waals surface area contributed by atoms with Crippen LogP contribution in [0.25, 0.3) is 0 Å². The van der Waals surface area contributed by atoms with Gasteiger partial charge in [0, 0.05) is 24.5 Å². The molecule has 0 spiro atoms. The summed E-state index contributed by atoms with van der Waals surface area (Å²) in [5, 5.41) is 11.0. The molecule has 0 saturated carbocycles. The first kappa shape index (κ1) is 15.0. The third-order valence-corrected chi connectivity index (χ3v) is 3.38. The topological polar surface area (TPSA) is 64.7 Å². The minimum absolute atomic E-state index is 0.279. The molecule has 1 aromatic carbocycles. The molecule has 2 aromatic heterocycles. The second-order valence-corrected chi connectivity index (χ2v) is 5.03. The Labute approximate surface area is 132 Å². The summed E-state index contributed by atoms with van der Waals surface area (Å²) in [5.41, 5.74) is 1.42. The molecule has 3 rings (SSSR count). The number of carbonyl (C=O) groups is 1. The van der Waals surface area contributed by atoms with Gasteiger partial charge in [-0.05, 0) is 19.1 Å². The maximum absolute atomic E-state index is 13.6. The second kappa shape index (κ2) is 6.43. The number of anilines is 1. The highest BCUT2D eigenvalue weighted by atomic mass is 19.1. The fourth-order valence-electron chi connectivity index (χ4n) is 2.17. The molecule has 0 saturated heterocycles. The number of amides is 1. The zero-order chi connectivity index (χ0) is 16.2. The summed E-state index contributed by atoms with van der Waals surface area (Å²) in [6.45, 7) is 2.95. The Bertz CT molecular complexity index is 823. The molecule has 0 aliphatic carbocycles. The molecule has 0 aliphatic heterocycles. The Hall–Kier alpha value is -2.96. The number of nitrogens with zero attached hydrogens (tertiary/aromatic N) is 4. The van der Waals surface area contributed by atoms with Gasteiger partial charge in [-0.25, -0.2) is 4.39 Å². The zero-order valence-corrected chi connectivity index (χ0v) is 12.6. The maximum atomic E-state index is 13.6. The van der Waals surface area contributed by atoms with Crippen molar-refractivity contribution >= 4 is 11.6 Å². The van der Waals surface area contributed by atoms with Gasteiger partial charge in [0.1, 0.15) is 5.82 Å². The van der Waals surface area contributed by atoms with Crippen molar-refractivity contribution in [3.63, 3.8) is 0 Å². The fourth-order valence-corrected chi connectivity index (χ4v) is 2.17. The van der Waals surface area contributed by atoms with Crippen LogP contribution in [0.4, 0.5) is 10.1 Å². The van der Waals surface area contributed by atoms with E-state index in [0.29, 0.717) is 30.0 Å². The van der Waals surface area contributed by atoms with E-state index >= 15 is 0 Å². The monoisotopic (exact) mass is 313 g/mol. The molecule has 0 aliphatic rings. The summed E-state index contributed by atoms with van der Waals surface area (Å²) in [6.07, 6.45) is 4.92. The van der Waals surface area contributed by atoms with Gasteiger partial charge in [0.25, 0.3) is 5.91 Å². The van der Waals surface area contributed by atoms with Gasteiger partial charge in [0.2, 0.25) is 0 Å². The third-order valence-electron chi connectivity index (χ3n) is 3.38. The standard InChI is InChI=1S/C16H16FN5O/c1-2-21-8-7-15(20-21)16(23)19-13-9-18-22(11-13)10-12-5-3-4-6-14(12)17/h3-9,11H,2,10H2,1H3,(H,19,23). The first-order valence-corrected chi connectivity index (χ1v) is 7.26. The Morgan fingerprint density at radius 3 is 2.83 bits per heavy atom. The summed E-state index contributed by atoms with van der Waals surface area (Å²) >= 11 is 0. The summed E-state index contributed by atoms with van der Waals surface area (Å²) in [5.74, 6) is -0.582. The lowest BCUT2D eigenvalue weighted by Crippen LogP contribution is -2.13. The highest BCUT2D eigenvalue weighted by molar-refractivity contribution is 6.02. The second-order valence-electron chi connectivity index (χ2n) is 5.03. The molecule has 0 fully saturated rings. The van der Waals surface area contributed by atoms with Crippen molar-refractivity contribution in [3.8, 4) is 0 Å². The lowest BCUT2D eigenvalue weighted by atomic mass is 10.2. The van der Waals surface area contributed by atoms with Crippen molar-refractivity contribution in [3.05, 3.63) is 66.0 Å². The average molecular weight is 313 g/mol. The lowest BCUT2D eigenvalue weighted by Gasteiger charge is -2.03. The van der Waals surface area contributed by atoms with Crippen LogP contribution in [0.15, 0.2) is 48.9 Å². The molecule has 1 amide bonds. The predicted octanol–water partition coefficient (Wildman–Crippen LogP) is 2.54. The van der Waals surface area contributed by atoms with Gasteiger partial charge in [-0.3, -0.25) is 14.2 Å². The van der Waals surface area contributed by atoms with E-state index in [-0.39, 0.29) is 11.7 Å². The number of hydrogen-bond acceptors (Lipinski definition) is 3. The zero-order valence-electron chi connectivity index (χ0n) is 12.6. The van der Waals surface area contributed by atoms with E-state index in [1.165, 1.54) is 12.3 Å². The fraction of sp³-hybridized carbons (Fsp3) is 0.188. The van der Waals surface area contributed by atoms with Crippen molar-refractivity contribution in [1.82, 2.24) is 19.6 Å². The number of aryl methyl sites for hydroxylation is 1. The number of nitrogens with one attached hydrogen (secondary N) is 1. The number of aromatic nitrogens is 4. The number of hydrogen-bond donors (Lipinski definition) is 1. The van der Waals surface area contributed by atoms with Gasteiger partial charge in [-0.1, -0.05) is 18.2 Å². The lowest BCUT2D eigenvalue weighted by molar-refractivity contribution is 0.102. The molecule has 6 nitrogen and oxygen atoms in total. The quantitative estimate of drug-likeness (QED) is 0.787. The van der Waals surface area contributed by atoms with Crippen molar-refractivity contribution in [1.29, 1.82) is 0 Å². The molecular formula is C16H16FN5O. The summed E-state index contributed by atoms with van der Waals surface area (Å²) in [4.78, 5) is 12.1. The Morgan fingerprint density at radius 1 is 1.26 bits per heavy atom. The largest absolute Gasteiger partial charge is 0.318 e. The number of benzene rings is 1. The minimum atomic E-state index is -0.303. The van der Waals surface area contributed by atoms with Gasteiger partial charge in [-0.2, -0.15) is 10.2 Å². The number of carbonyl (C=O) groups excluding carboxylic acids is 1. The van der Waals surface area contributed by atoms with Crippen LogP contribution in [0.5, 0.6) is 0 Å². The molecular weight excluding hydrogens is 297 g/mol. The predicted molar refractivity (Wildman–Crippen MR) is 83.6 cm³/mol. The number of halogens is 1. The van der Waals surface area contributed by atoms with E-state index in [1.807, 2.05) is 6.92 Å². The third kappa shape index (κ3) is 3.45. The Kier molecular flexibility index (Phi) is 4.18. The van der Waals surface area contributed by atoms with Crippen LogP contribution in [0.3, 0.4) is 0 Å². The molecule has 0 bridgehead atoms. The van der Waals surface area contributed by atoms with Crippen molar-refractivity contribution in [2.45, 2.75) is 20.0 Å². The normalized spacial score (nSPS) is 10.7. The number of rotatable bonds is 5. The van der Waals surface area contributed by atoms with Gasteiger partial charge >= 0.3 is 0 Å². The SMILES string of the molecule is CCn1ccc(C(=O)Nc2cnn(Cc3ccccc3F)c2)n1. The molecule has 23 heavy (non-hydrogen) atoms. The van der Waals surface area contributed by atoms with Gasteiger partial charge in [-0.15, -0.1) is 0 Å². The van der Waals surface area contributed by atoms with E-state index in [2.05, 4.69) is 15.5 Å². The molecule has 3 aromatic rings. The van der Waals surface area contributed by atoms with Crippen LogP contribution >= 0.6 is 0 Å². The Morgan fingerprint density at radius 2 is 2.09 bits per heavy atom. The van der Waals surface area contributed by atoms with E-state index in [4.69, 9.17) is 0 Å². The van der Waals surface area contributed by atoms with Gasteiger partial charge in [0.05, 0.1) is 18.4 Å². The first-order valence-electron chi connectivity index (χ1n) is 7.26.